The summed E-state index contributed by atoms with van der Waals surface area (Å²) < 4.78 is 28.9. The Balaban J connectivity index is 1.98. The van der Waals surface area contributed by atoms with Gasteiger partial charge in [0.05, 0.1) is 4.90 Å². The Hall–Kier alpha value is -2.44. The van der Waals surface area contributed by atoms with Gasteiger partial charge in [-0.2, -0.15) is 0 Å². The minimum absolute atomic E-state index is 0.244. The summed E-state index contributed by atoms with van der Waals surface area (Å²) in [4.78, 5) is 4.59. The third kappa shape index (κ3) is 2.95. The second kappa shape index (κ2) is 6.70. The summed E-state index contributed by atoms with van der Waals surface area (Å²) in [5, 5.41) is 0.776. The van der Waals surface area contributed by atoms with Crippen LogP contribution in [0.2, 0.25) is 0 Å². The van der Waals surface area contributed by atoms with Crippen LogP contribution in [0.5, 0.6) is 0 Å². The van der Waals surface area contributed by atoms with Gasteiger partial charge in [0.2, 0.25) is 0 Å². The maximum absolute atomic E-state index is 13.3. The van der Waals surface area contributed by atoms with E-state index >= 15 is 0 Å². The largest absolute Gasteiger partial charge is 0.269 e. The van der Waals surface area contributed by atoms with Crippen LogP contribution >= 0.6 is 15.9 Å². The van der Waals surface area contributed by atoms with E-state index in [0.29, 0.717) is 17.8 Å². The Kier molecular flexibility index (Phi) is 4.38. The molecule has 130 valence electrons. The number of nitrogens with zero attached hydrogens (tertiary/aromatic N) is 2. The molecule has 0 saturated carbocycles. The van der Waals surface area contributed by atoms with Gasteiger partial charge in [-0.15, -0.1) is 0 Å². The lowest BCUT2D eigenvalue weighted by molar-refractivity contribution is 0.587. The second-order valence-electron chi connectivity index (χ2n) is 5.91. The lowest BCUT2D eigenvalue weighted by Crippen LogP contribution is -2.16. The second-order valence-corrected chi connectivity index (χ2v) is 8.55. The lowest BCUT2D eigenvalue weighted by Gasteiger charge is -2.11. The summed E-state index contributed by atoms with van der Waals surface area (Å²) >= 11 is 3.50. The van der Waals surface area contributed by atoms with E-state index in [1.165, 1.54) is 3.97 Å². The zero-order valence-corrected chi connectivity index (χ0v) is 16.1. The van der Waals surface area contributed by atoms with Crippen LogP contribution in [0.3, 0.4) is 0 Å². The molecule has 0 spiro atoms. The molecular weight excluding hydrogens is 412 g/mol. The standard InChI is InChI=1S/C20H15BrN2O2S/c21-19-11-12-22-20-18(19)14-16(13-15-7-3-1-4-8-15)23(20)26(24,25)17-9-5-2-6-10-17/h1-12,14H,13H2. The van der Waals surface area contributed by atoms with Crippen molar-refractivity contribution >= 4 is 37.0 Å². The number of rotatable bonds is 4. The van der Waals surface area contributed by atoms with Crippen molar-refractivity contribution in [2.75, 3.05) is 0 Å². The molecular formula is C20H15BrN2O2S. The van der Waals surface area contributed by atoms with Crippen molar-refractivity contribution in [2.24, 2.45) is 0 Å². The molecule has 2 heterocycles. The van der Waals surface area contributed by atoms with E-state index in [9.17, 15) is 8.42 Å². The number of hydrogen-bond acceptors (Lipinski definition) is 3. The van der Waals surface area contributed by atoms with Gasteiger partial charge in [-0.05, 0) is 45.8 Å². The number of benzene rings is 2. The first-order valence-corrected chi connectivity index (χ1v) is 10.3. The molecule has 0 radical (unpaired) electrons. The zero-order chi connectivity index (χ0) is 18.1. The van der Waals surface area contributed by atoms with Crippen LogP contribution in [0.1, 0.15) is 11.3 Å². The Labute approximate surface area is 160 Å². The van der Waals surface area contributed by atoms with Crippen LogP contribution in [-0.2, 0) is 16.4 Å². The van der Waals surface area contributed by atoms with Crippen molar-refractivity contribution in [1.82, 2.24) is 8.96 Å². The van der Waals surface area contributed by atoms with E-state index in [4.69, 9.17) is 0 Å². The van der Waals surface area contributed by atoms with Crippen LogP contribution in [0.25, 0.3) is 11.0 Å². The summed E-state index contributed by atoms with van der Waals surface area (Å²) in [6.45, 7) is 0. The molecule has 0 unspecified atom stereocenters. The molecule has 6 heteroatoms. The Morgan fingerprint density at radius 1 is 0.923 bits per heavy atom. The average molecular weight is 427 g/mol. The first kappa shape index (κ1) is 17.0. The highest BCUT2D eigenvalue weighted by Crippen LogP contribution is 2.30. The zero-order valence-electron chi connectivity index (χ0n) is 13.7. The van der Waals surface area contributed by atoms with Gasteiger partial charge >= 0.3 is 0 Å². The van der Waals surface area contributed by atoms with E-state index in [1.54, 1.807) is 36.5 Å². The minimum atomic E-state index is -3.76. The number of pyridine rings is 1. The summed E-state index contributed by atoms with van der Waals surface area (Å²) in [6, 6.07) is 22.0. The van der Waals surface area contributed by atoms with E-state index in [1.807, 2.05) is 42.5 Å². The minimum Gasteiger partial charge on any atom is -0.237 e. The van der Waals surface area contributed by atoms with Gasteiger partial charge in [0.15, 0.2) is 5.65 Å². The van der Waals surface area contributed by atoms with Crippen molar-refractivity contribution in [1.29, 1.82) is 0 Å². The third-order valence-corrected chi connectivity index (χ3v) is 6.64. The molecule has 4 rings (SSSR count). The van der Waals surface area contributed by atoms with Crippen molar-refractivity contribution in [3.05, 3.63) is 94.7 Å². The third-order valence-electron chi connectivity index (χ3n) is 4.19. The molecule has 0 bridgehead atoms. The normalized spacial score (nSPS) is 11.7. The van der Waals surface area contributed by atoms with Crippen molar-refractivity contribution in [3.63, 3.8) is 0 Å². The smallest absolute Gasteiger partial charge is 0.237 e. The Bertz CT molecular complexity index is 1170. The molecule has 0 aliphatic heterocycles. The molecule has 0 fully saturated rings. The van der Waals surface area contributed by atoms with E-state index in [0.717, 1.165) is 15.4 Å². The lowest BCUT2D eigenvalue weighted by atomic mass is 10.1. The molecule has 4 aromatic rings. The van der Waals surface area contributed by atoms with Gasteiger partial charge in [-0.1, -0.05) is 48.5 Å². The molecule has 0 N–H and O–H groups in total. The molecule has 2 aromatic carbocycles. The maximum Gasteiger partial charge on any atom is 0.269 e. The van der Waals surface area contributed by atoms with Crippen molar-refractivity contribution < 1.29 is 8.42 Å². The molecule has 4 nitrogen and oxygen atoms in total. The number of halogens is 1. The average Bonchev–Trinajstić information content (AvgIpc) is 3.03. The van der Waals surface area contributed by atoms with Crippen molar-refractivity contribution in [2.45, 2.75) is 11.3 Å². The first-order chi connectivity index (χ1) is 12.6. The fraction of sp³-hybridized carbons (Fsp3) is 0.0500. The summed E-state index contributed by atoms with van der Waals surface area (Å²) in [7, 11) is -3.76. The predicted molar refractivity (Wildman–Crippen MR) is 106 cm³/mol. The molecule has 0 aliphatic carbocycles. The Morgan fingerprint density at radius 2 is 1.58 bits per heavy atom. The fourth-order valence-corrected chi connectivity index (χ4v) is 4.91. The fourth-order valence-electron chi connectivity index (χ4n) is 2.99. The summed E-state index contributed by atoms with van der Waals surface area (Å²) in [5.74, 6) is 0. The van der Waals surface area contributed by atoms with E-state index < -0.39 is 10.0 Å². The van der Waals surface area contributed by atoms with Gasteiger partial charge in [0, 0.05) is 28.2 Å². The van der Waals surface area contributed by atoms with E-state index in [-0.39, 0.29) is 4.90 Å². The molecule has 2 aromatic heterocycles. The first-order valence-electron chi connectivity index (χ1n) is 8.07. The molecule has 26 heavy (non-hydrogen) atoms. The van der Waals surface area contributed by atoms with Gasteiger partial charge in [-0.3, -0.25) is 0 Å². The van der Waals surface area contributed by atoms with Crippen LogP contribution in [0, 0.1) is 0 Å². The van der Waals surface area contributed by atoms with Crippen LogP contribution < -0.4 is 0 Å². The molecule has 0 atom stereocenters. The number of aromatic nitrogens is 2. The Morgan fingerprint density at radius 3 is 2.27 bits per heavy atom. The van der Waals surface area contributed by atoms with Gasteiger partial charge < -0.3 is 0 Å². The SMILES string of the molecule is O=S(=O)(c1ccccc1)n1c(Cc2ccccc2)cc2c(Br)ccnc21. The monoisotopic (exact) mass is 426 g/mol. The topological polar surface area (TPSA) is 52.0 Å². The maximum atomic E-state index is 13.3. The molecule has 0 saturated heterocycles. The highest BCUT2D eigenvalue weighted by molar-refractivity contribution is 9.10. The summed E-state index contributed by atoms with van der Waals surface area (Å²) in [6.07, 6.45) is 2.10. The number of fused-ring (bicyclic) bond motifs is 1. The molecule has 0 aliphatic rings. The van der Waals surface area contributed by atoms with Crippen molar-refractivity contribution in [3.8, 4) is 0 Å². The van der Waals surface area contributed by atoms with Gasteiger partial charge in [0.1, 0.15) is 0 Å². The quantitative estimate of drug-likeness (QED) is 0.477. The van der Waals surface area contributed by atoms with Crippen LogP contribution in [0.15, 0.2) is 88.4 Å². The highest BCUT2D eigenvalue weighted by atomic mass is 79.9. The predicted octanol–water partition coefficient (Wildman–Crippen LogP) is 4.63. The summed E-state index contributed by atoms with van der Waals surface area (Å²) in [5.41, 5.74) is 2.14. The van der Waals surface area contributed by atoms with Crippen LogP contribution in [0.4, 0.5) is 0 Å². The molecule has 0 amide bonds. The van der Waals surface area contributed by atoms with Crippen LogP contribution in [-0.4, -0.2) is 17.4 Å². The highest BCUT2D eigenvalue weighted by Gasteiger charge is 2.24. The van der Waals surface area contributed by atoms with E-state index in [2.05, 4.69) is 20.9 Å². The van der Waals surface area contributed by atoms with Gasteiger partial charge in [0.25, 0.3) is 10.0 Å². The van der Waals surface area contributed by atoms with Gasteiger partial charge in [-0.25, -0.2) is 17.4 Å². The number of hydrogen-bond donors (Lipinski definition) is 0.